The first-order valence-electron chi connectivity index (χ1n) is 8.95. The molecular formula is C19H17N5O5S2. The first-order chi connectivity index (χ1) is 14.9. The van der Waals surface area contributed by atoms with Crippen molar-refractivity contribution >= 4 is 39.8 Å². The molecule has 3 aromatic heterocycles. The molecule has 1 N–H and O–H groups in total. The van der Waals surface area contributed by atoms with E-state index < -0.39 is 0 Å². The molecule has 0 bridgehead atoms. The first-order valence-corrected chi connectivity index (χ1v) is 10.8. The van der Waals surface area contributed by atoms with Crippen molar-refractivity contribution in [2.24, 2.45) is 0 Å². The fourth-order valence-corrected chi connectivity index (χ4v) is 4.35. The Bertz CT molecular complexity index is 1290. The summed E-state index contributed by atoms with van der Waals surface area (Å²) in [7, 11) is 3.03. The third kappa shape index (κ3) is 4.70. The Labute approximate surface area is 184 Å². The summed E-state index contributed by atoms with van der Waals surface area (Å²) < 4.78 is 17.4. The second-order valence-corrected chi connectivity index (χ2v) is 8.50. The van der Waals surface area contributed by atoms with E-state index in [4.69, 9.17) is 14.0 Å². The van der Waals surface area contributed by atoms with Gasteiger partial charge in [0.05, 0.1) is 19.9 Å². The number of hydrogen-bond donors (Lipinski definition) is 1. The molecule has 10 nitrogen and oxygen atoms in total. The molecule has 1 aromatic carbocycles. The van der Waals surface area contributed by atoms with Crippen LogP contribution in [0, 0.1) is 6.92 Å². The number of thioether (sulfide) groups is 1. The summed E-state index contributed by atoms with van der Waals surface area (Å²) in [5.41, 5.74) is 1.14. The van der Waals surface area contributed by atoms with Crippen LogP contribution in [0.5, 0.6) is 11.5 Å². The highest BCUT2D eigenvalue weighted by molar-refractivity contribution is 8.00. The van der Waals surface area contributed by atoms with Gasteiger partial charge in [-0.15, -0.1) is 14.8 Å². The predicted molar refractivity (Wildman–Crippen MR) is 115 cm³/mol. The van der Waals surface area contributed by atoms with Crippen LogP contribution in [0.4, 0.5) is 5.13 Å². The van der Waals surface area contributed by atoms with Crippen LogP contribution in [0.3, 0.4) is 0 Å². The van der Waals surface area contributed by atoms with Crippen molar-refractivity contribution in [3.8, 4) is 11.5 Å². The number of rotatable bonds is 7. The van der Waals surface area contributed by atoms with Gasteiger partial charge in [0.25, 0.3) is 11.5 Å². The van der Waals surface area contributed by atoms with Gasteiger partial charge in [0.15, 0.2) is 9.99 Å². The maximum absolute atomic E-state index is 12.6. The molecule has 1 amide bonds. The average Bonchev–Trinajstić information content (AvgIpc) is 3.37. The predicted octanol–water partition coefficient (Wildman–Crippen LogP) is 3.01. The van der Waals surface area contributed by atoms with Gasteiger partial charge in [-0.1, -0.05) is 23.1 Å². The minimum Gasteiger partial charge on any atom is -0.497 e. The molecule has 31 heavy (non-hydrogen) atoms. The van der Waals surface area contributed by atoms with E-state index in [-0.39, 0.29) is 11.5 Å². The summed E-state index contributed by atoms with van der Waals surface area (Å²) >= 11 is 2.59. The lowest BCUT2D eigenvalue weighted by atomic mass is 10.2. The van der Waals surface area contributed by atoms with Crippen molar-refractivity contribution in [2.45, 2.75) is 17.0 Å². The summed E-state index contributed by atoms with van der Waals surface area (Å²) in [6.45, 7) is 1.75. The van der Waals surface area contributed by atoms with Gasteiger partial charge in [-0.2, -0.15) is 0 Å². The fraction of sp³-hybridized carbons (Fsp3) is 0.211. The number of anilines is 1. The quantitative estimate of drug-likeness (QED) is 0.328. The van der Waals surface area contributed by atoms with E-state index in [0.717, 1.165) is 4.57 Å². The molecule has 0 fully saturated rings. The van der Waals surface area contributed by atoms with Gasteiger partial charge in [-0.25, -0.2) is 4.98 Å². The van der Waals surface area contributed by atoms with Gasteiger partial charge in [0.1, 0.15) is 17.3 Å². The Morgan fingerprint density at radius 1 is 1.16 bits per heavy atom. The molecular weight excluding hydrogens is 442 g/mol. The van der Waals surface area contributed by atoms with Crippen LogP contribution >= 0.6 is 23.1 Å². The number of carbonyl (C=O) groups excluding carboxylic acids is 1. The van der Waals surface area contributed by atoms with Crippen LogP contribution in [0.2, 0.25) is 0 Å². The number of carbonyl (C=O) groups is 1. The van der Waals surface area contributed by atoms with Gasteiger partial charge >= 0.3 is 0 Å². The van der Waals surface area contributed by atoms with Crippen LogP contribution in [0.1, 0.15) is 21.8 Å². The van der Waals surface area contributed by atoms with Crippen LogP contribution in [0.15, 0.2) is 44.0 Å². The Hall–Kier alpha value is -3.38. The minimum absolute atomic E-state index is 0.285. The largest absolute Gasteiger partial charge is 0.497 e. The number of methoxy groups -OCH3 is 2. The molecule has 0 aliphatic heterocycles. The number of aryl methyl sites for hydroxylation is 1. The van der Waals surface area contributed by atoms with Crippen molar-refractivity contribution in [1.82, 2.24) is 19.8 Å². The summed E-state index contributed by atoms with van der Waals surface area (Å²) in [5, 5.41) is 11.1. The summed E-state index contributed by atoms with van der Waals surface area (Å²) in [6, 6.07) is 8.00. The Morgan fingerprint density at radius 3 is 2.61 bits per heavy atom. The summed E-state index contributed by atoms with van der Waals surface area (Å²) in [5.74, 6) is 1.68. The minimum atomic E-state index is -0.361. The van der Waals surface area contributed by atoms with Crippen molar-refractivity contribution in [3.05, 3.63) is 57.7 Å². The molecule has 160 valence electrons. The van der Waals surface area contributed by atoms with Crippen molar-refractivity contribution < 1.29 is 18.8 Å². The van der Waals surface area contributed by atoms with Crippen molar-refractivity contribution in [3.63, 3.8) is 0 Å². The fourth-order valence-electron chi connectivity index (χ4n) is 2.71. The molecule has 0 radical (unpaired) electrons. The molecule has 3 heterocycles. The monoisotopic (exact) mass is 459 g/mol. The van der Waals surface area contributed by atoms with Gasteiger partial charge in [0, 0.05) is 29.5 Å². The highest BCUT2D eigenvalue weighted by Gasteiger charge is 2.14. The van der Waals surface area contributed by atoms with Crippen molar-refractivity contribution in [2.75, 3.05) is 19.5 Å². The lowest BCUT2D eigenvalue weighted by Gasteiger charge is -2.07. The Kier molecular flexibility index (Phi) is 5.91. The highest BCUT2D eigenvalue weighted by atomic mass is 32.2. The molecule has 4 aromatic rings. The van der Waals surface area contributed by atoms with E-state index in [1.54, 1.807) is 31.2 Å². The van der Waals surface area contributed by atoms with E-state index >= 15 is 0 Å². The van der Waals surface area contributed by atoms with Gasteiger partial charge in [0.2, 0.25) is 5.13 Å². The van der Waals surface area contributed by atoms with Crippen molar-refractivity contribution in [1.29, 1.82) is 0 Å². The molecule has 0 unspecified atom stereocenters. The number of nitrogens with one attached hydrogen (secondary N) is 1. The number of aromatic nitrogens is 4. The lowest BCUT2D eigenvalue weighted by Crippen LogP contribution is -2.12. The SMILES string of the molecule is COc1cc(OC)cc(C(=O)Nc2nnc(SCc3cc(=O)n4oc(C)cc4n3)s2)c1. The molecule has 0 saturated carbocycles. The van der Waals surface area contributed by atoms with Crippen LogP contribution in [-0.2, 0) is 5.75 Å². The highest BCUT2D eigenvalue weighted by Crippen LogP contribution is 2.29. The maximum atomic E-state index is 12.6. The number of benzene rings is 1. The zero-order chi connectivity index (χ0) is 22.0. The molecule has 0 saturated heterocycles. The number of nitrogens with zero attached hydrogens (tertiary/aromatic N) is 4. The van der Waals surface area contributed by atoms with Gasteiger partial charge < -0.3 is 14.0 Å². The Morgan fingerprint density at radius 2 is 1.90 bits per heavy atom. The lowest BCUT2D eigenvalue weighted by molar-refractivity contribution is 0.102. The normalized spacial score (nSPS) is 10.9. The Balaban J connectivity index is 1.43. The topological polar surface area (TPSA) is 121 Å². The van der Waals surface area contributed by atoms with Gasteiger partial charge in [-0.05, 0) is 19.1 Å². The van der Waals surface area contributed by atoms with E-state index in [2.05, 4.69) is 20.5 Å². The second-order valence-electron chi connectivity index (χ2n) is 6.30. The zero-order valence-corrected chi connectivity index (χ0v) is 18.4. The first kappa shape index (κ1) is 20.9. The van der Waals surface area contributed by atoms with E-state index in [9.17, 15) is 9.59 Å². The number of fused-ring (bicyclic) bond motifs is 1. The molecule has 4 rings (SSSR count). The second kappa shape index (κ2) is 8.78. The van der Waals surface area contributed by atoms with Crippen LogP contribution in [0.25, 0.3) is 5.65 Å². The zero-order valence-electron chi connectivity index (χ0n) is 16.7. The summed E-state index contributed by atoms with van der Waals surface area (Å²) in [4.78, 5) is 29.1. The smallest absolute Gasteiger partial charge is 0.287 e. The molecule has 0 aliphatic rings. The molecule has 0 atom stereocenters. The van der Waals surface area contributed by atoms with E-state index in [1.165, 1.54) is 43.4 Å². The molecule has 0 spiro atoms. The summed E-state index contributed by atoms with van der Waals surface area (Å²) in [6.07, 6.45) is 0. The number of amides is 1. The number of hydrogen-bond acceptors (Lipinski definition) is 10. The number of ether oxygens (including phenoxy) is 2. The van der Waals surface area contributed by atoms with E-state index in [0.29, 0.717) is 49.4 Å². The molecule has 12 heteroatoms. The standard InChI is InChI=1S/C19H17N5O5S2/c1-10-4-15-20-12(7-16(25)24(15)29-10)9-30-19-23-22-18(31-19)21-17(26)11-5-13(27-2)8-14(6-11)28-3/h4-8H,9H2,1-3H3,(H,21,22,26). The average molecular weight is 460 g/mol. The maximum Gasteiger partial charge on any atom is 0.287 e. The third-order valence-electron chi connectivity index (χ3n) is 4.11. The van der Waals surface area contributed by atoms with Crippen LogP contribution in [-0.4, -0.2) is 39.9 Å². The molecule has 0 aliphatic carbocycles. The van der Waals surface area contributed by atoms with Gasteiger partial charge in [-0.3, -0.25) is 14.9 Å². The van der Waals surface area contributed by atoms with Crippen LogP contribution < -0.4 is 20.3 Å². The van der Waals surface area contributed by atoms with E-state index in [1.807, 2.05) is 0 Å². The third-order valence-corrected chi connectivity index (χ3v) is 6.11.